The molecular formula is C14H17F2N. The van der Waals surface area contributed by atoms with Gasteiger partial charge in [0.2, 0.25) is 0 Å². The predicted octanol–water partition coefficient (Wildman–Crippen LogP) is 3.34. The molecule has 1 aromatic rings. The normalized spacial score (nSPS) is 20.9. The van der Waals surface area contributed by atoms with Crippen molar-refractivity contribution in [3.8, 4) is 0 Å². The van der Waals surface area contributed by atoms with Crippen LogP contribution in [0.4, 0.5) is 8.78 Å². The van der Waals surface area contributed by atoms with Crippen LogP contribution in [0.2, 0.25) is 0 Å². The van der Waals surface area contributed by atoms with Gasteiger partial charge in [0.25, 0.3) is 0 Å². The van der Waals surface area contributed by atoms with Crippen LogP contribution in [0.5, 0.6) is 0 Å². The second kappa shape index (κ2) is 5.41. The second-order valence-corrected chi connectivity index (χ2v) is 4.62. The lowest BCUT2D eigenvalue weighted by atomic mass is 10.0. The first-order valence-corrected chi connectivity index (χ1v) is 6.05. The van der Waals surface area contributed by atoms with E-state index in [9.17, 15) is 8.78 Å². The standard InChI is InChI=1S/C14H17F2N/c15-13-7-3-5-11(14(13)16)8-10-4-1-2-6-12(17)9-10/h3,5,7,9,12H,1-2,4,6,8,17H2. The van der Waals surface area contributed by atoms with Gasteiger partial charge in [-0.3, -0.25) is 0 Å². The minimum absolute atomic E-state index is 0.0594. The van der Waals surface area contributed by atoms with Gasteiger partial charge in [0, 0.05) is 6.04 Å². The Balaban J connectivity index is 2.17. The number of benzene rings is 1. The zero-order chi connectivity index (χ0) is 12.3. The molecule has 2 rings (SSSR count). The van der Waals surface area contributed by atoms with Gasteiger partial charge >= 0.3 is 0 Å². The van der Waals surface area contributed by atoms with Crippen LogP contribution < -0.4 is 5.73 Å². The highest BCUT2D eigenvalue weighted by Crippen LogP contribution is 2.22. The fourth-order valence-corrected chi connectivity index (χ4v) is 2.28. The monoisotopic (exact) mass is 237 g/mol. The van der Waals surface area contributed by atoms with Crippen LogP contribution >= 0.6 is 0 Å². The summed E-state index contributed by atoms with van der Waals surface area (Å²) in [7, 11) is 0. The smallest absolute Gasteiger partial charge is 0.162 e. The molecule has 0 saturated carbocycles. The van der Waals surface area contributed by atoms with Gasteiger partial charge in [-0.2, -0.15) is 0 Å². The van der Waals surface area contributed by atoms with Crippen molar-refractivity contribution in [1.29, 1.82) is 0 Å². The third kappa shape index (κ3) is 3.13. The molecule has 17 heavy (non-hydrogen) atoms. The summed E-state index contributed by atoms with van der Waals surface area (Å²) in [6, 6.07) is 4.39. The summed E-state index contributed by atoms with van der Waals surface area (Å²) in [4.78, 5) is 0. The zero-order valence-electron chi connectivity index (χ0n) is 9.76. The quantitative estimate of drug-likeness (QED) is 0.784. The highest BCUT2D eigenvalue weighted by atomic mass is 19.2. The minimum Gasteiger partial charge on any atom is -0.324 e. The van der Waals surface area contributed by atoms with Gasteiger partial charge in [-0.05, 0) is 37.3 Å². The molecule has 92 valence electrons. The Bertz CT molecular complexity index is 426. The van der Waals surface area contributed by atoms with Crippen molar-refractivity contribution in [2.24, 2.45) is 5.73 Å². The molecule has 0 saturated heterocycles. The number of hydrogen-bond acceptors (Lipinski definition) is 1. The average molecular weight is 237 g/mol. The second-order valence-electron chi connectivity index (χ2n) is 4.62. The Labute approximate surface area is 100 Å². The van der Waals surface area contributed by atoms with Crippen LogP contribution in [0, 0.1) is 11.6 Å². The fraction of sp³-hybridized carbons (Fsp3) is 0.429. The van der Waals surface area contributed by atoms with Gasteiger partial charge in [-0.1, -0.05) is 30.2 Å². The van der Waals surface area contributed by atoms with Crippen molar-refractivity contribution in [3.63, 3.8) is 0 Å². The first-order valence-electron chi connectivity index (χ1n) is 6.05. The van der Waals surface area contributed by atoms with Gasteiger partial charge in [0.05, 0.1) is 0 Å². The van der Waals surface area contributed by atoms with Crippen molar-refractivity contribution in [3.05, 3.63) is 47.0 Å². The van der Waals surface area contributed by atoms with Crippen molar-refractivity contribution < 1.29 is 8.78 Å². The molecule has 0 aromatic heterocycles. The van der Waals surface area contributed by atoms with E-state index >= 15 is 0 Å². The van der Waals surface area contributed by atoms with Gasteiger partial charge in [-0.25, -0.2) is 8.78 Å². The Morgan fingerprint density at radius 2 is 2.06 bits per heavy atom. The predicted molar refractivity (Wildman–Crippen MR) is 64.6 cm³/mol. The lowest BCUT2D eigenvalue weighted by molar-refractivity contribution is 0.500. The summed E-state index contributed by atoms with van der Waals surface area (Å²) in [6.45, 7) is 0. The number of halogens is 2. The first-order chi connectivity index (χ1) is 8.16. The molecule has 0 aliphatic heterocycles. The molecule has 0 bridgehead atoms. The highest BCUT2D eigenvalue weighted by molar-refractivity contribution is 5.25. The molecule has 1 aliphatic carbocycles. The van der Waals surface area contributed by atoms with E-state index in [4.69, 9.17) is 5.73 Å². The molecule has 0 radical (unpaired) electrons. The largest absolute Gasteiger partial charge is 0.324 e. The third-order valence-electron chi connectivity index (χ3n) is 3.18. The summed E-state index contributed by atoms with van der Waals surface area (Å²) in [5.74, 6) is -1.51. The number of rotatable bonds is 2. The van der Waals surface area contributed by atoms with Crippen molar-refractivity contribution >= 4 is 0 Å². The van der Waals surface area contributed by atoms with Crippen LogP contribution in [-0.4, -0.2) is 6.04 Å². The first kappa shape index (κ1) is 12.2. The SMILES string of the molecule is NC1C=C(Cc2cccc(F)c2F)CCCC1. The zero-order valence-corrected chi connectivity index (χ0v) is 9.76. The number of hydrogen-bond donors (Lipinski definition) is 1. The Morgan fingerprint density at radius 3 is 2.88 bits per heavy atom. The topological polar surface area (TPSA) is 26.0 Å². The molecule has 0 spiro atoms. The lowest BCUT2D eigenvalue weighted by Gasteiger charge is -2.08. The molecule has 1 unspecified atom stereocenters. The van der Waals surface area contributed by atoms with E-state index in [1.807, 2.05) is 6.08 Å². The van der Waals surface area contributed by atoms with Gasteiger partial charge in [0.15, 0.2) is 11.6 Å². The van der Waals surface area contributed by atoms with E-state index in [0.717, 1.165) is 37.3 Å². The van der Waals surface area contributed by atoms with Crippen molar-refractivity contribution in [1.82, 2.24) is 0 Å². The minimum atomic E-state index is -0.777. The van der Waals surface area contributed by atoms with Crippen molar-refractivity contribution in [2.75, 3.05) is 0 Å². The van der Waals surface area contributed by atoms with E-state index < -0.39 is 11.6 Å². The Kier molecular flexibility index (Phi) is 3.89. The van der Waals surface area contributed by atoms with Gasteiger partial charge in [-0.15, -0.1) is 0 Å². The van der Waals surface area contributed by atoms with Crippen molar-refractivity contribution in [2.45, 2.75) is 38.1 Å². The maximum atomic E-state index is 13.5. The van der Waals surface area contributed by atoms with E-state index in [2.05, 4.69) is 0 Å². The molecule has 0 fully saturated rings. The Hall–Kier alpha value is -1.22. The fourth-order valence-electron chi connectivity index (χ4n) is 2.28. The number of allylic oxidation sites excluding steroid dienone is 1. The summed E-state index contributed by atoms with van der Waals surface area (Å²) >= 11 is 0. The summed E-state index contributed by atoms with van der Waals surface area (Å²) in [5.41, 5.74) is 7.45. The summed E-state index contributed by atoms with van der Waals surface area (Å²) in [5, 5.41) is 0. The third-order valence-corrected chi connectivity index (χ3v) is 3.18. The summed E-state index contributed by atoms with van der Waals surface area (Å²) in [6.07, 6.45) is 6.58. The molecule has 1 aliphatic rings. The molecule has 3 heteroatoms. The number of nitrogens with two attached hydrogens (primary N) is 1. The van der Waals surface area contributed by atoms with E-state index in [-0.39, 0.29) is 6.04 Å². The molecule has 0 heterocycles. The summed E-state index contributed by atoms with van der Waals surface area (Å²) < 4.78 is 26.6. The molecular weight excluding hydrogens is 220 g/mol. The van der Waals surface area contributed by atoms with Gasteiger partial charge < -0.3 is 5.73 Å². The van der Waals surface area contributed by atoms with Gasteiger partial charge in [0.1, 0.15) is 0 Å². The van der Waals surface area contributed by atoms with Crippen LogP contribution in [0.3, 0.4) is 0 Å². The van der Waals surface area contributed by atoms with Crippen LogP contribution in [-0.2, 0) is 6.42 Å². The Morgan fingerprint density at radius 1 is 1.24 bits per heavy atom. The molecule has 2 N–H and O–H groups in total. The average Bonchev–Trinajstić information content (AvgIpc) is 2.49. The molecule has 1 aromatic carbocycles. The van der Waals surface area contributed by atoms with Crippen LogP contribution in [0.1, 0.15) is 31.2 Å². The maximum absolute atomic E-state index is 13.5. The maximum Gasteiger partial charge on any atom is 0.162 e. The van der Waals surface area contributed by atoms with Crippen LogP contribution in [0.25, 0.3) is 0 Å². The van der Waals surface area contributed by atoms with E-state index in [0.29, 0.717) is 12.0 Å². The molecule has 0 amide bonds. The van der Waals surface area contributed by atoms with Crippen LogP contribution in [0.15, 0.2) is 29.8 Å². The van der Waals surface area contributed by atoms with E-state index in [1.165, 1.54) is 0 Å². The molecule has 1 atom stereocenters. The molecule has 1 nitrogen and oxygen atoms in total. The highest BCUT2D eigenvalue weighted by Gasteiger charge is 2.12. The van der Waals surface area contributed by atoms with E-state index in [1.54, 1.807) is 12.1 Å². The lowest BCUT2D eigenvalue weighted by Crippen LogP contribution is -2.16.